The molecule has 1 amide bonds. The molecule has 7 nitrogen and oxygen atoms in total. The number of anilines is 1. The van der Waals surface area contributed by atoms with Crippen LogP contribution in [0.5, 0.6) is 0 Å². The van der Waals surface area contributed by atoms with Gasteiger partial charge in [0.1, 0.15) is 0 Å². The standard InChI is InChI=1S/C24H39N5O2/c1-24(2)10-6-18(7-11-24)22(30)29-14-3-5-20(25)21(29)17-31-19-8-15-28(16-9-19)23-26-12-4-13-27-23/h4,12-13,18-21H,3,5-11,14-17,25H2,1-2H3/t20-,21-/m0/s1. The summed E-state index contributed by atoms with van der Waals surface area (Å²) >= 11 is 0. The van der Waals surface area contributed by atoms with Crippen LogP contribution in [-0.2, 0) is 9.53 Å². The number of likely N-dealkylation sites (tertiary alicyclic amines) is 1. The first-order valence-corrected chi connectivity index (χ1v) is 12.1. The summed E-state index contributed by atoms with van der Waals surface area (Å²) in [5.41, 5.74) is 6.87. The molecule has 7 heteroatoms. The van der Waals surface area contributed by atoms with Gasteiger partial charge in [0.25, 0.3) is 0 Å². The van der Waals surface area contributed by atoms with Gasteiger partial charge in [0.2, 0.25) is 11.9 Å². The highest BCUT2D eigenvalue weighted by Crippen LogP contribution is 2.39. The zero-order valence-electron chi connectivity index (χ0n) is 19.2. The number of rotatable bonds is 5. The lowest BCUT2D eigenvalue weighted by Gasteiger charge is -2.43. The molecule has 172 valence electrons. The number of carbonyl (C=O) groups excluding carboxylic acids is 1. The van der Waals surface area contributed by atoms with Crippen molar-refractivity contribution >= 4 is 11.9 Å². The van der Waals surface area contributed by atoms with Crippen molar-refractivity contribution in [3.63, 3.8) is 0 Å². The minimum absolute atomic E-state index is 0.00618. The Morgan fingerprint density at radius 3 is 2.45 bits per heavy atom. The van der Waals surface area contributed by atoms with Crippen LogP contribution in [0.15, 0.2) is 18.5 Å². The van der Waals surface area contributed by atoms with Gasteiger partial charge in [-0.2, -0.15) is 0 Å². The summed E-state index contributed by atoms with van der Waals surface area (Å²) < 4.78 is 6.34. The lowest BCUT2D eigenvalue weighted by Crippen LogP contribution is -2.58. The van der Waals surface area contributed by atoms with Gasteiger partial charge in [-0.05, 0) is 62.8 Å². The van der Waals surface area contributed by atoms with Crippen molar-refractivity contribution in [1.29, 1.82) is 0 Å². The van der Waals surface area contributed by atoms with Crippen molar-refractivity contribution in [2.45, 2.75) is 83.4 Å². The fourth-order valence-corrected chi connectivity index (χ4v) is 5.37. The lowest BCUT2D eigenvalue weighted by atomic mass is 9.72. The third kappa shape index (κ3) is 5.55. The van der Waals surface area contributed by atoms with Gasteiger partial charge in [-0.3, -0.25) is 4.79 Å². The lowest BCUT2D eigenvalue weighted by molar-refractivity contribution is -0.144. The van der Waals surface area contributed by atoms with Crippen LogP contribution in [-0.4, -0.2) is 65.2 Å². The summed E-state index contributed by atoms with van der Waals surface area (Å²) in [5.74, 6) is 1.27. The molecule has 3 heterocycles. The number of aromatic nitrogens is 2. The smallest absolute Gasteiger partial charge is 0.226 e. The van der Waals surface area contributed by atoms with E-state index in [0.29, 0.717) is 17.9 Å². The van der Waals surface area contributed by atoms with Crippen LogP contribution < -0.4 is 10.6 Å². The molecule has 1 saturated carbocycles. The van der Waals surface area contributed by atoms with Crippen LogP contribution >= 0.6 is 0 Å². The van der Waals surface area contributed by atoms with Gasteiger partial charge in [0, 0.05) is 44.0 Å². The topological polar surface area (TPSA) is 84.6 Å². The number of nitrogens with zero attached hydrogens (tertiary/aromatic N) is 4. The molecule has 0 spiro atoms. The van der Waals surface area contributed by atoms with Gasteiger partial charge in [-0.25, -0.2) is 9.97 Å². The summed E-state index contributed by atoms with van der Waals surface area (Å²) in [6.45, 7) is 7.80. The quantitative estimate of drug-likeness (QED) is 0.775. The Labute approximate surface area is 186 Å². The summed E-state index contributed by atoms with van der Waals surface area (Å²) in [4.78, 5) is 26.4. The van der Waals surface area contributed by atoms with Crippen LogP contribution in [0, 0.1) is 11.3 Å². The zero-order chi connectivity index (χ0) is 21.8. The molecule has 3 fully saturated rings. The monoisotopic (exact) mass is 429 g/mol. The third-order valence-electron chi connectivity index (χ3n) is 7.58. The Bertz CT molecular complexity index is 710. The van der Waals surface area contributed by atoms with Crippen LogP contribution in [0.3, 0.4) is 0 Å². The van der Waals surface area contributed by atoms with Gasteiger partial charge >= 0.3 is 0 Å². The highest BCUT2D eigenvalue weighted by Gasteiger charge is 2.38. The van der Waals surface area contributed by atoms with Gasteiger partial charge in [-0.15, -0.1) is 0 Å². The summed E-state index contributed by atoms with van der Waals surface area (Å²) in [6, 6.07) is 1.86. The van der Waals surface area contributed by atoms with Gasteiger partial charge in [0.05, 0.1) is 18.8 Å². The predicted molar refractivity (Wildman–Crippen MR) is 122 cm³/mol. The molecule has 2 atom stereocenters. The summed E-state index contributed by atoms with van der Waals surface area (Å²) in [7, 11) is 0. The maximum Gasteiger partial charge on any atom is 0.226 e. The average Bonchev–Trinajstić information content (AvgIpc) is 2.79. The molecule has 2 N–H and O–H groups in total. The number of carbonyl (C=O) groups is 1. The SMILES string of the molecule is CC1(C)CCC(C(=O)N2CCC[C@H](N)[C@@H]2COC2CCN(c3ncccn3)CC2)CC1. The molecule has 2 aliphatic heterocycles. The Kier molecular flexibility index (Phi) is 7.12. The van der Waals surface area contributed by atoms with E-state index >= 15 is 0 Å². The molecule has 1 aliphatic carbocycles. The first-order chi connectivity index (χ1) is 14.9. The van der Waals surface area contributed by atoms with E-state index in [4.69, 9.17) is 10.5 Å². The zero-order valence-corrected chi connectivity index (χ0v) is 19.2. The first-order valence-electron chi connectivity index (χ1n) is 12.1. The molecule has 0 bridgehead atoms. The van der Waals surface area contributed by atoms with Crippen LogP contribution in [0.2, 0.25) is 0 Å². The Balaban J connectivity index is 1.29. The minimum atomic E-state index is 0.00618. The molecular formula is C24H39N5O2. The molecule has 0 unspecified atom stereocenters. The number of hydrogen-bond donors (Lipinski definition) is 1. The molecule has 1 aromatic heterocycles. The number of ether oxygens (including phenoxy) is 1. The van der Waals surface area contributed by atoms with E-state index in [1.165, 1.54) is 0 Å². The Hall–Kier alpha value is -1.73. The minimum Gasteiger partial charge on any atom is -0.376 e. The number of piperidine rings is 2. The number of hydrogen-bond acceptors (Lipinski definition) is 6. The van der Waals surface area contributed by atoms with Crippen LogP contribution in [0.25, 0.3) is 0 Å². The third-order valence-corrected chi connectivity index (χ3v) is 7.58. The molecule has 1 aromatic rings. The first kappa shape index (κ1) is 22.5. The number of nitrogens with two attached hydrogens (primary N) is 1. The second-order valence-corrected chi connectivity index (χ2v) is 10.4. The summed E-state index contributed by atoms with van der Waals surface area (Å²) in [6.07, 6.45) is 11.9. The van der Waals surface area contributed by atoms with Crippen molar-refractivity contribution in [3.05, 3.63) is 18.5 Å². The van der Waals surface area contributed by atoms with Crippen molar-refractivity contribution in [2.24, 2.45) is 17.1 Å². The summed E-state index contributed by atoms with van der Waals surface area (Å²) in [5, 5.41) is 0. The van der Waals surface area contributed by atoms with E-state index in [9.17, 15) is 4.79 Å². The second kappa shape index (κ2) is 9.82. The predicted octanol–water partition coefficient (Wildman–Crippen LogP) is 3.00. The van der Waals surface area contributed by atoms with Crippen LogP contribution in [0.4, 0.5) is 5.95 Å². The highest BCUT2D eigenvalue weighted by molar-refractivity contribution is 5.79. The van der Waals surface area contributed by atoms with E-state index in [0.717, 1.165) is 76.9 Å². The maximum atomic E-state index is 13.4. The fourth-order valence-electron chi connectivity index (χ4n) is 5.37. The second-order valence-electron chi connectivity index (χ2n) is 10.4. The number of amides is 1. The molecular weight excluding hydrogens is 390 g/mol. The largest absolute Gasteiger partial charge is 0.376 e. The normalized spacial score (nSPS) is 28.0. The van der Waals surface area contributed by atoms with E-state index < -0.39 is 0 Å². The van der Waals surface area contributed by atoms with E-state index in [-0.39, 0.29) is 24.1 Å². The van der Waals surface area contributed by atoms with Crippen molar-refractivity contribution in [2.75, 3.05) is 31.1 Å². The van der Waals surface area contributed by atoms with E-state index in [1.807, 2.05) is 6.07 Å². The van der Waals surface area contributed by atoms with E-state index in [2.05, 4.69) is 33.6 Å². The van der Waals surface area contributed by atoms with Crippen molar-refractivity contribution in [1.82, 2.24) is 14.9 Å². The molecule has 31 heavy (non-hydrogen) atoms. The Morgan fingerprint density at radius 1 is 1.10 bits per heavy atom. The fraction of sp³-hybridized carbons (Fsp3) is 0.792. The molecule has 4 rings (SSSR count). The van der Waals surface area contributed by atoms with Crippen molar-refractivity contribution < 1.29 is 9.53 Å². The molecule has 0 radical (unpaired) electrons. The Morgan fingerprint density at radius 2 is 1.77 bits per heavy atom. The molecule has 3 aliphatic rings. The van der Waals surface area contributed by atoms with Gasteiger partial charge in [-0.1, -0.05) is 13.8 Å². The highest BCUT2D eigenvalue weighted by atomic mass is 16.5. The van der Waals surface area contributed by atoms with E-state index in [1.54, 1.807) is 12.4 Å². The van der Waals surface area contributed by atoms with Crippen LogP contribution in [0.1, 0.15) is 65.2 Å². The average molecular weight is 430 g/mol. The maximum absolute atomic E-state index is 13.4. The van der Waals surface area contributed by atoms with Crippen molar-refractivity contribution in [3.8, 4) is 0 Å². The molecule has 0 aromatic carbocycles. The van der Waals surface area contributed by atoms with Gasteiger partial charge < -0.3 is 20.3 Å². The molecule has 2 saturated heterocycles. The van der Waals surface area contributed by atoms with Gasteiger partial charge in [0.15, 0.2) is 0 Å².